The zero-order chi connectivity index (χ0) is 29.7. The van der Waals surface area contributed by atoms with Gasteiger partial charge in [0.1, 0.15) is 17.0 Å². The van der Waals surface area contributed by atoms with Gasteiger partial charge in [0.2, 0.25) is 0 Å². The average molecular weight is 578 g/mol. The van der Waals surface area contributed by atoms with Crippen LogP contribution >= 0.6 is 0 Å². The Morgan fingerprint density at radius 2 is 1.22 bits per heavy atom. The number of nitrogens with zero attached hydrogens (tertiary/aromatic N) is 3. The van der Waals surface area contributed by atoms with Crippen LogP contribution in [0.2, 0.25) is 0 Å². The second-order valence-corrected chi connectivity index (χ2v) is 11.6. The molecular formula is C41H27N3O. The van der Waals surface area contributed by atoms with E-state index in [0.717, 1.165) is 61.8 Å². The van der Waals surface area contributed by atoms with Crippen molar-refractivity contribution in [2.75, 3.05) is 0 Å². The maximum atomic E-state index is 6.48. The van der Waals surface area contributed by atoms with E-state index in [-0.39, 0.29) is 5.92 Å². The van der Waals surface area contributed by atoms with Crippen LogP contribution in [0.1, 0.15) is 18.2 Å². The molecule has 0 saturated heterocycles. The standard InChI is InChI=1S/C41H27N3O/c1-2-11-28(12-3-1)39-42-40(33-20-18-27-10-5-7-14-30(27)24-33)44-41(43-39)35-15-8-16-36-38(35)34-22-21-32(25-37(34)45-36)31-19-17-26-9-4-6-13-29(26)23-31/h1-11,13-25,28H,12H2. The first-order chi connectivity index (χ1) is 22.3. The van der Waals surface area contributed by atoms with Gasteiger partial charge in [-0.15, -0.1) is 0 Å². The Morgan fingerprint density at radius 1 is 0.533 bits per heavy atom. The van der Waals surface area contributed by atoms with Gasteiger partial charge in [0, 0.05) is 27.8 Å². The van der Waals surface area contributed by atoms with E-state index >= 15 is 0 Å². The maximum Gasteiger partial charge on any atom is 0.164 e. The van der Waals surface area contributed by atoms with Crippen LogP contribution in [0.25, 0.3) is 77.4 Å². The van der Waals surface area contributed by atoms with Gasteiger partial charge in [-0.05, 0) is 69.4 Å². The van der Waals surface area contributed by atoms with E-state index in [4.69, 9.17) is 19.4 Å². The zero-order valence-corrected chi connectivity index (χ0v) is 24.4. The molecule has 2 aromatic heterocycles. The van der Waals surface area contributed by atoms with Gasteiger partial charge in [0.05, 0.1) is 0 Å². The van der Waals surface area contributed by atoms with Crippen molar-refractivity contribution in [3.8, 4) is 33.9 Å². The fraction of sp³-hybridized carbons (Fsp3) is 0.0488. The molecule has 1 aliphatic rings. The molecule has 0 fully saturated rings. The Hall–Kier alpha value is -5.87. The van der Waals surface area contributed by atoms with E-state index in [0.29, 0.717) is 11.6 Å². The van der Waals surface area contributed by atoms with Crippen LogP contribution < -0.4 is 0 Å². The van der Waals surface area contributed by atoms with E-state index in [9.17, 15) is 0 Å². The first-order valence-electron chi connectivity index (χ1n) is 15.3. The highest BCUT2D eigenvalue weighted by molar-refractivity contribution is 6.12. The van der Waals surface area contributed by atoms with Crippen molar-refractivity contribution in [2.45, 2.75) is 12.3 Å². The second-order valence-electron chi connectivity index (χ2n) is 11.6. The third kappa shape index (κ3) is 4.50. The van der Waals surface area contributed by atoms with Crippen LogP contribution in [-0.4, -0.2) is 15.0 Å². The lowest BCUT2D eigenvalue weighted by atomic mass is 9.98. The van der Waals surface area contributed by atoms with Crippen LogP contribution in [0.3, 0.4) is 0 Å². The summed E-state index contributed by atoms with van der Waals surface area (Å²) in [5.74, 6) is 2.18. The van der Waals surface area contributed by atoms with Crippen molar-refractivity contribution in [1.29, 1.82) is 0 Å². The minimum atomic E-state index is 0.0840. The van der Waals surface area contributed by atoms with Gasteiger partial charge >= 0.3 is 0 Å². The average Bonchev–Trinajstić information content (AvgIpc) is 3.49. The van der Waals surface area contributed by atoms with Crippen molar-refractivity contribution >= 4 is 43.5 Å². The molecule has 0 N–H and O–H groups in total. The van der Waals surface area contributed by atoms with Crippen molar-refractivity contribution in [2.24, 2.45) is 0 Å². The Labute approximate surface area is 260 Å². The van der Waals surface area contributed by atoms with E-state index in [1.165, 1.54) is 16.2 Å². The lowest BCUT2D eigenvalue weighted by Crippen LogP contribution is -2.08. The summed E-state index contributed by atoms with van der Waals surface area (Å²) in [6, 6.07) is 42.4. The van der Waals surface area contributed by atoms with Gasteiger partial charge in [-0.25, -0.2) is 15.0 Å². The topological polar surface area (TPSA) is 51.8 Å². The minimum Gasteiger partial charge on any atom is -0.456 e. The lowest BCUT2D eigenvalue weighted by Gasteiger charge is -2.15. The Bertz CT molecular complexity index is 2490. The van der Waals surface area contributed by atoms with Crippen molar-refractivity contribution in [3.63, 3.8) is 0 Å². The predicted molar refractivity (Wildman–Crippen MR) is 184 cm³/mol. The van der Waals surface area contributed by atoms with Crippen LogP contribution in [0.4, 0.5) is 0 Å². The third-order valence-corrected chi connectivity index (χ3v) is 8.79. The van der Waals surface area contributed by atoms with Crippen LogP contribution in [-0.2, 0) is 0 Å². The van der Waals surface area contributed by atoms with Gasteiger partial charge in [-0.2, -0.15) is 0 Å². The fourth-order valence-electron chi connectivity index (χ4n) is 6.47. The van der Waals surface area contributed by atoms with Gasteiger partial charge < -0.3 is 4.42 Å². The number of aromatic nitrogens is 3. The zero-order valence-electron chi connectivity index (χ0n) is 24.4. The minimum absolute atomic E-state index is 0.0840. The molecule has 2 heterocycles. The Balaban J connectivity index is 1.21. The predicted octanol–water partition coefficient (Wildman–Crippen LogP) is 10.7. The quantitative estimate of drug-likeness (QED) is 0.209. The molecule has 212 valence electrons. The summed E-state index contributed by atoms with van der Waals surface area (Å²) in [7, 11) is 0. The normalized spacial score (nSPS) is 14.6. The molecule has 0 saturated carbocycles. The first kappa shape index (κ1) is 25.6. The van der Waals surface area contributed by atoms with E-state index in [1.807, 2.05) is 12.1 Å². The molecule has 6 aromatic carbocycles. The van der Waals surface area contributed by atoms with Crippen molar-refractivity contribution in [3.05, 3.63) is 151 Å². The molecular weight excluding hydrogens is 550 g/mol. The number of hydrogen-bond donors (Lipinski definition) is 0. The number of allylic oxidation sites excluding steroid dienone is 4. The summed E-state index contributed by atoms with van der Waals surface area (Å²) in [6.07, 6.45) is 9.35. The fourth-order valence-corrected chi connectivity index (χ4v) is 6.47. The van der Waals surface area contributed by atoms with Crippen LogP contribution in [0.5, 0.6) is 0 Å². The molecule has 0 aliphatic heterocycles. The molecule has 1 aliphatic carbocycles. The molecule has 0 amide bonds. The summed E-state index contributed by atoms with van der Waals surface area (Å²) >= 11 is 0. The molecule has 1 unspecified atom stereocenters. The number of hydrogen-bond acceptors (Lipinski definition) is 4. The second kappa shape index (κ2) is 10.4. The van der Waals surface area contributed by atoms with Crippen LogP contribution in [0.15, 0.2) is 150 Å². The maximum absolute atomic E-state index is 6.48. The summed E-state index contributed by atoms with van der Waals surface area (Å²) in [4.78, 5) is 15.2. The molecule has 4 heteroatoms. The summed E-state index contributed by atoms with van der Waals surface area (Å²) < 4.78 is 6.48. The highest BCUT2D eigenvalue weighted by Gasteiger charge is 2.20. The molecule has 0 spiro atoms. The molecule has 1 atom stereocenters. The number of furan rings is 1. The SMILES string of the molecule is C1=CCC(c2nc(-c3ccc4ccccc4c3)nc(-c3cccc4oc5cc(-c6ccc7ccccc7c6)ccc5c34)n2)C=C1. The molecule has 9 rings (SSSR count). The third-order valence-electron chi connectivity index (χ3n) is 8.79. The first-order valence-corrected chi connectivity index (χ1v) is 15.3. The summed E-state index contributed by atoms with van der Waals surface area (Å²) in [6.45, 7) is 0. The van der Waals surface area contributed by atoms with Gasteiger partial charge in [-0.1, -0.05) is 115 Å². The molecule has 4 nitrogen and oxygen atoms in total. The number of benzene rings is 6. The van der Waals surface area contributed by atoms with Gasteiger partial charge in [0.25, 0.3) is 0 Å². The molecule has 45 heavy (non-hydrogen) atoms. The highest BCUT2D eigenvalue weighted by atomic mass is 16.3. The van der Waals surface area contributed by atoms with Crippen molar-refractivity contribution in [1.82, 2.24) is 15.0 Å². The summed E-state index contributed by atoms with van der Waals surface area (Å²) in [5, 5.41) is 6.85. The van der Waals surface area contributed by atoms with E-state index in [1.54, 1.807) is 0 Å². The lowest BCUT2D eigenvalue weighted by molar-refractivity contribution is 0.669. The van der Waals surface area contributed by atoms with Crippen molar-refractivity contribution < 1.29 is 4.42 Å². The largest absolute Gasteiger partial charge is 0.456 e. The Kier molecular flexibility index (Phi) is 5.91. The summed E-state index contributed by atoms with van der Waals surface area (Å²) in [5.41, 5.74) is 5.84. The number of fused-ring (bicyclic) bond motifs is 5. The smallest absolute Gasteiger partial charge is 0.164 e. The van der Waals surface area contributed by atoms with Gasteiger partial charge in [-0.3, -0.25) is 0 Å². The van der Waals surface area contributed by atoms with Crippen LogP contribution in [0, 0.1) is 0 Å². The molecule has 0 bridgehead atoms. The van der Waals surface area contributed by atoms with E-state index in [2.05, 4.69) is 133 Å². The van der Waals surface area contributed by atoms with E-state index < -0.39 is 0 Å². The molecule has 8 aromatic rings. The van der Waals surface area contributed by atoms with Gasteiger partial charge in [0.15, 0.2) is 11.6 Å². The number of rotatable bonds is 4. The monoisotopic (exact) mass is 577 g/mol. The highest BCUT2D eigenvalue weighted by Crippen LogP contribution is 2.38. The Morgan fingerprint density at radius 3 is 2.00 bits per heavy atom. The molecule has 0 radical (unpaired) electrons.